The van der Waals surface area contributed by atoms with Crippen molar-refractivity contribution in [2.24, 2.45) is 0 Å². The van der Waals surface area contributed by atoms with Crippen molar-refractivity contribution in [1.82, 2.24) is 0 Å². The zero-order valence-electron chi connectivity index (χ0n) is 21.8. The molecule has 0 fully saturated rings. The normalized spacial score (nSPS) is 13.4. The monoisotopic (exact) mass is 506 g/mol. The Morgan fingerprint density at radius 1 is 0.333 bits per heavy atom. The van der Waals surface area contributed by atoms with Gasteiger partial charge in [0, 0.05) is 0 Å². The third kappa shape index (κ3) is 16.5. The Balaban J connectivity index is 4.98. The minimum atomic E-state index is -1.72. The van der Waals surface area contributed by atoms with Crippen LogP contribution in [0.25, 0.3) is 0 Å². The molecule has 0 rings (SSSR count). The van der Waals surface area contributed by atoms with Gasteiger partial charge in [0.2, 0.25) is 0 Å². The summed E-state index contributed by atoms with van der Waals surface area (Å²) < 4.78 is 0. The van der Waals surface area contributed by atoms with E-state index in [9.17, 15) is 0 Å². The van der Waals surface area contributed by atoms with Gasteiger partial charge in [0.25, 0.3) is 0 Å². The van der Waals surface area contributed by atoms with Crippen LogP contribution in [0.15, 0.2) is 0 Å². The van der Waals surface area contributed by atoms with Crippen molar-refractivity contribution < 1.29 is 0 Å². The van der Waals surface area contributed by atoms with Gasteiger partial charge in [-0.25, -0.2) is 0 Å². The van der Waals surface area contributed by atoms with Gasteiger partial charge in [-0.15, -0.1) is 0 Å². The van der Waals surface area contributed by atoms with Gasteiger partial charge in [0.05, 0.1) is 0 Å². The number of unbranched alkanes of at least 4 members (excludes halogenated alkanes) is 16. The molecule has 0 saturated heterocycles. The van der Waals surface area contributed by atoms with Crippen LogP contribution in [0, 0.1) is 0 Å². The molecule has 0 nitrogen and oxygen atoms in total. The molecule has 0 N–H and O–H groups in total. The summed E-state index contributed by atoms with van der Waals surface area (Å²) in [7, 11) is 0. The molecule has 0 heterocycles. The zero-order chi connectivity index (χ0) is 22.4. The standard InChI is InChI=1S/C28H60BrP/c1-5-9-13-17-21-25-30(29,26-22-18-14-10-6-2,27-23-19-15-11-7-3)28-24-20-16-12-8-4/h5-28H2,1-4H3. The van der Waals surface area contributed by atoms with Gasteiger partial charge >= 0.3 is 202 Å². The maximum absolute atomic E-state index is 4.70. The van der Waals surface area contributed by atoms with E-state index in [4.69, 9.17) is 15.5 Å². The second kappa shape index (κ2) is 20.5. The molecule has 0 radical (unpaired) electrons. The first kappa shape index (κ1) is 30.9. The molecule has 184 valence electrons. The van der Waals surface area contributed by atoms with Gasteiger partial charge in [0.1, 0.15) is 0 Å². The molecule has 0 aliphatic heterocycles. The summed E-state index contributed by atoms with van der Waals surface area (Å²) in [5, 5.41) is -1.72. The van der Waals surface area contributed by atoms with E-state index in [0.717, 1.165) is 0 Å². The topological polar surface area (TPSA) is 0 Å². The zero-order valence-corrected chi connectivity index (χ0v) is 24.3. The fourth-order valence-corrected chi connectivity index (χ4v) is 13.5. The number of hydrogen-bond donors (Lipinski definition) is 0. The van der Waals surface area contributed by atoms with E-state index in [1.54, 1.807) is 24.6 Å². The molecule has 0 spiro atoms. The van der Waals surface area contributed by atoms with E-state index < -0.39 is 5.31 Å². The van der Waals surface area contributed by atoms with Gasteiger partial charge < -0.3 is 0 Å². The minimum absolute atomic E-state index is 1.37. The van der Waals surface area contributed by atoms with E-state index in [1.165, 1.54) is 128 Å². The molecule has 2 heteroatoms. The molecule has 0 unspecified atom stereocenters. The summed E-state index contributed by atoms with van der Waals surface area (Å²) in [6.45, 7) is 9.36. The molecule has 0 aromatic heterocycles. The Morgan fingerprint density at radius 2 is 0.533 bits per heavy atom. The predicted octanol–water partition coefficient (Wildman–Crippen LogP) is 11.7. The van der Waals surface area contributed by atoms with Crippen LogP contribution in [0.1, 0.15) is 156 Å². The number of hydrogen-bond acceptors (Lipinski definition) is 0. The van der Waals surface area contributed by atoms with Crippen molar-refractivity contribution in [3.8, 4) is 0 Å². The Labute approximate surface area is 201 Å². The molecular weight excluding hydrogens is 447 g/mol. The Hall–Kier alpha value is 0.910. The fraction of sp³-hybridized carbons (Fsp3) is 1.00. The Kier molecular flexibility index (Phi) is 21.1. The first-order valence-electron chi connectivity index (χ1n) is 14.3. The Bertz CT molecular complexity index is 287. The van der Waals surface area contributed by atoms with E-state index >= 15 is 0 Å². The Morgan fingerprint density at radius 3 is 0.733 bits per heavy atom. The molecule has 0 atom stereocenters. The van der Waals surface area contributed by atoms with Crippen LogP contribution in [0.2, 0.25) is 0 Å². The summed E-state index contributed by atoms with van der Waals surface area (Å²) in [6, 6.07) is 0. The van der Waals surface area contributed by atoms with E-state index in [1.807, 2.05) is 0 Å². The van der Waals surface area contributed by atoms with Crippen molar-refractivity contribution >= 4 is 20.8 Å². The molecule has 0 aromatic carbocycles. The van der Waals surface area contributed by atoms with Crippen LogP contribution in [-0.4, -0.2) is 24.6 Å². The van der Waals surface area contributed by atoms with Crippen LogP contribution in [-0.2, 0) is 0 Å². The summed E-state index contributed by atoms with van der Waals surface area (Å²) >= 11 is 4.70. The van der Waals surface area contributed by atoms with Gasteiger partial charge in [-0.1, -0.05) is 0 Å². The first-order chi connectivity index (χ1) is 14.5. The van der Waals surface area contributed by atoms with Crippen LogP contribution >= 0.6 is 20.8 Å². The molecule has 0 aromatic rings. The van der Waals surface area contributed by atoms with Crippen molar-refractivity contribution in [1.29, 1.82) is 0 Å². The average Bonchev–Trinajstić information content (AvgIpc) is 2.74. The van der Waals surface area contributed by atoms with Gasteiger partial charge in [-0.3, -0.25) is 0 Å². The average molecular weight is 508 g/mol. The summed E-state index contributed by atoms with van der Waals surface area (Å²) in [6.07, 6.45) is 35.0. The van der Waals surface area contributed by atoms with E-state index in [2.05, 4.69) is 27.7 Å². The van der Waals surface area contributed by atoms with Crippen molar-refractivity contribution in [2.75, 3.05) is 24.6 Å². The summed E-state index contributed by atoms with van der Waals surface area (Å²) in [5.74, 6) is 0. The van der Waals surface area contributed by atoms with Crippen molar-refractivity contribution in [3.05, 3.63) is 0 Å². The predicted molar refractivity (Wildman–Crippen MR) is 150 cm³/mol. The molecule has 0 aliphatic carbocycles. The number of halogens is 1. The molecule has 0 saturated carbocycles. The summed E-state index contributed by atoms with van der Waals surface area (Å²) in [5.41, 5.74) is 0. The van der Waals surface area contributed by atoms with Crippen LogP contribution in [0.4, 0.5) is 0 Å². The van der Waals surface area contributed by atoms with Crippen molar-refractivity contribution in [3.63, 3.8) is 0 Å². The number of rotatable bonds is 24. The fourth-order valence-electron chi connectivity index (χ4n) is 5.11. The maximum atomic E-state index is 4.70. The third-order valence-corrected chi connectivity index (χ3v) is 17.3. The van der Waals surface area contributed by atoms with Gasteiger partial charge in [-0.2, -0.15) is 0 Å². The van der Waals surface area contributed by atoms with E-state index in [0.29, 0.717) is 0 Å². The van der Waals surface area contributed by atoms with Crippen LogP contribution in [0.3, 0.4) is 0 Å². The molecular formula is C28H60BrP. The first-order valence-corrected chi connectivity index (χ1v) is 19.3. The molecule has 30 heavy (non-hydrogen) atoms. The SMILES string of the molecule is CCCCCCCP(Br)(CCCCCCC)(CCCCCCC)CCCCCCC. The molecule has 0 bridgehead atoms. The summed E-state index contributed by atoms with van der Waals surface area (Å²) in [4.78, 5) is 0. The van der Waals surface area contributed by atoms with Crippen molar-refractivity contribution in [2.45, 2.75) is 156 Å². The van der Waals surface area contributed by atoms with Gasteiger partial charge in [0.15, 0.2) is 0 Å². The molecule has 0 aliphatic rings. The molecule has 0 amide bonds. The quantitative estimate of drug-likeness (QED) is 0.0900. The second-order valence-electron chi connectivity index (χ2n) is 10.4. The van der Waals surface area contributed by atoms with Crippen LogP contribution < -0.4 is 0 Å². The van der Waals surface area contributed by atoms with Crippen LogP contribution in [0.5, 0.6) is 0 Å². The van der Waals surface area contributed by atoms with Gasteiger partial charge in [-0.05, 0) is 0 Å². The van der Waals surface area contributed by atoms with E-state index in [-0.39, 0.29) is 0 Å². The second-order valence-corrected chi connectivity index (χ2v) is 21.8. The third-order valence-electron chi connectivity index (χ3n) is 7.28.